The van der Waals surface area contributed by atoms with Crippen molar-refractivity contribution in [2.75, 3.05) is 19.8 Å². The van der Waals surface area contributed by atoms with Gasteiger partial charge in [0.2, 0.25) is 10.0 Å². The maximum absolute atomic E-state index is 12.4. The summed E-state index contributed by atoms with van der Waals surface area (Å²) in [5, 5.41) is 4.36. The van der Waals surface area contributed by atoms with E-state index in [1.165, 1.54) is 12.1 Å². The van der Waals surface area contributed by atoms with Crippen LogP contribution in [0.5, 0.6) is 11.5 Å². The number of aryl methyl sites for hydroxylation is 3. The molecule has 0 unspecified atom stereocenters. The summed E-state index contributed by atoms with van der Waals surface area (Å²) in [6, 6.07) is 6.65. The van der Waals surface area contributed by atoms with Crippen LogP contribution in [-0.4, -0.2) is 38.0 Å². The van der Waals surface area contributed by atoms with Crippen LogP contribution in [-0.2, 0) is 16.6 Å². The van der Waals surface area contributed by atoms with Gasteiger partial charge in [0.25, 0.3) is 0 Å². The summed E-state index contributed by atoms with van der Waals surface area (Å²) >= 11 is 0. The molecule has 130 valence electrons. The van der Waals surface area contributed by atoms with E-state index >= 15 is 0 Å². The highest BCUT2D eigenvalue weighted by atomic mass is 32.2. The van der Waals surface area contributed by atoms with Gasteiger partial charge in [0, 0.05) is 24.8 Å². The van der Waals surface area contributed by atoms with E-state index in [2.05, 4.69) is 9.82 Å². The molecule has 7 nitrogen and oxygen atoms in total. The normalized spacial score (nSPS) is 13.9. The van der Waals surface area contributed by atoms with Gasteiger partial charge in [-0.15, -0.1) is 0 Å². The Bertz CT molecular complexity index is 830. The molecule has 1 aromatic heterocycles. The van der Waals surface area contributed by atoms with Gasteiger partial charge in [-0.1, -0.05) is 0 Å². The third-order valence-corrected chi connectivity index (χ3v) is 5.22. The second kappa shape index (κ2) is 6.82. The summed E-state index contributed by atoms with van der Waals surface area (Å²) in [6.45, 7) is 5.84. The molecule has 2 aromatic rings. The average molecular weight is 351 g/mol. The van der Waals surface area contributed by atoms with Crippen molar-refractivity contribution in [3.8, 4) is 11.5 Å². The highest BCUT2D eigenvalue weighted by Gasteiger charge is 2.18. The summed E-state index contributed by atoms with van der Waals surface area (Å²) in [5.74, 6) is 1.04. The first-order valence-corrected chi connectivity index (χ1v) is 9.34. The van der Waals surface area contributed by atoms with Crippen molar-refractivity contribution in [3.63, 3.8) is 0 Å². The van der Waals surface area contributed by atoms with Gasteiger partial charge >= 0.3 is 0 Å². The molecule has 0 saturated carbocycles. The third kappa shape index (κ3) is 3.70. The first-order valence-electron chi connectivity index (χ1n) is 7.86. The van der Waals surface area contributed by atoms with Crippen LogP contribution in [0.3, 0.4) is 0 Å². The van der Waals surface area contributed by atoms with E-state index < -0.39 is 10.0 Å². The smallest absolute Gasteiger partial charge is 0.240 e. The minimum absolute atomic E-state index is 0.179. The molecule has 8 heteroatoms. The summed E-state index contributed by atoms with van der Waals surface area (Å²) in [7, 11) is -3.57. The first-order chi connectivity index (χ1) is 11.5. The van der Waals surface area contributed by atoms with Crippen LogP contribution in [0.1, 0.15) is 17.8 Å². The molecule has 0 bridgehead atoms. The molecule has 0 aliphatic carbocycles. The molecule has 2 heterocycles. The largest absolute Gasteiger partial charge is 0.486 e. The molecule has 0 atom stereocenters. The summed E-state index contributed by atoms with van der Waals surface area (Å²) < 4.78 is 40.1. The number of fused-ring (bicyclic) bond motifs is 1. The van der Waals surface area contributed by atoms with Gasteiger partial charge in [-0.25, -0.2) is 13.1 Å². The van der Waals surface area contributed by atoms with Gasteiger partial charge in [0.05, 0.1) is 10.6 Å². The third-order valence-electron chi connectivity index (χ3n) is 3.77. The fourth-order valence-corrected chi connectivity index (χ4v) is 3.70. The Balaban J connectivity index is 1.59. The second-order valence-corrected chi connectivity index (χ2v) is 7.47. The summed E-state index contributed by atoms with van der Waals surface area (Å²) in [4.78, 5) is 0.179. The lowest BCUT2D eigenvalue weighted by Crippen LogP contribution is -2.26. The van der Waals surface area contributed by atoms with Gasteiger partial charge in [0.1, 0.15) is 13.2 Å². The number of nitrogens with zero attached hydrogens (tertiary/aromatic N) is 2. The first kappa shape index (κ1) is 16.8. The predicted molar refractivity (Wildman–Crippen MR) is 88.9 cm³/mol. The highest BCUT2D eigenvalue weighted by molar-refractivity contribution is 7.89. The Kier molecular flexibility index (Phi) is 4.77. The summed E-state index contributed by atoms with van der Waals surface area (Å²) in [5.41, 5.74) is 2.03. The van der Waals surface area contributed by atoms with Gasteiger partial charge in [-0.05, 0) is 38.5 Å². The zero-order valence-electron chi connectivity index (χ0n) is 13.8. The number of rotatable bonds is 6. The standard InChI is InChI=1S/C16H21N3O4S/c1-12-10-13(2)19(18-12)7-3-6-17-24(20,21)14-4-5-15-16(11-14)23-9-8-22-15/h4-5,10-11,17H,3,6-9H2,1-2H3. The number of nitrogens with one attached hydrogen (secondary N) is 1. The van der Waals surface area contributed by atoms with Crippen LogP contribution >= 0.6 is 0 Å². The maximum Gasteiger partial charge on any atom is 0.240 e. The van der Waals surface area contributed by atoms with Crippen molar-refractivity contribution in [2.24, 2.45) is 0 Å². The lowest BCUT2D eigenvalue weighted by Gasteiger charge is -2.18. The zero-order chi connectivity index (χ0) is 17.2. The predicted octanol–water partition coefficient (Wildman–Crippen LogP) is 1.64. The summed E-state index contributed by atoms with van der Waals surface area (Å²) in [6.07, 6.45) is 0.658. The molecule has 24 heavy (non-hydrogen) atoms. The van der Waals surface area contributed by atoms with E-state index in [0.29, 0.717) is 44.2 Å². The molecule has 0 amide bonds. The number of benzene rings is 1. The van der Waals surface area contributed by atoms with E-state index in [0.717, 1.165) is 11.4 Å². The van der Waals surface area contributed by atoms with Crippen molar-refractivity contribution >= 4 is 10.0 Å². The van der Waals surface area contributed by atoms with E-state index in [1.54, 1.807) is 6.07 Å². The Morgan fingerprint density at radius 1 is 1.17 bits per heavy atom. The number of hydrogen-bond acceptors (Lipinski definition) is 5. The number of ether oxygens (including phenoxy) is 2. The monoisotopic (exact) mass is 351 g/mol. The lowest BCUT2D eigenvalue weighted by molar-refractivity contribution is 0.171. The number of hydrogen-bond donors (Lipinski definition) is 1. The molecule has 3 rings (SSSR count). The number of sulfonamides is 1. The quantitative estimate of drug-likeness (QED) is 0.800. The van der Waals surface area contributed by atoms with Crippen molar-refractivity contribution in [1.82, 2.24) is 14.5 Å². The molecular weight excluding hydrogens is 330 g/mol. The Morgan fingerprint density at radius 3 is 2.62 bits per heavy atom. The zero-order valence-corrected chi connectivity index (χ0v) is 14.6. The Hall–Kier alpha value is -2.06. The second-order valence-electron chi connectivity index (χ2n) is 5.71. The topological polar surface area (TPSA) is 82.5 Å². The van der Waals surface area contributed by atoms with E-state index in [-0.39, 0.29) is 4.90 Å². The molecule has 1 aliphatic rings. The molecule has 0 saturated heterocycles. The van der Waals surface area contributed by atoms with Crippen molar-refractivity contribution in [3.05, 3.63) is 35.7 Å². The van der Waals surface area contributed by atoms with E-state index in [1.807, 2.05) is 24.6 Å². The molecule has 1 N–H and O–H groups in total. The minimum Gasteiger partial charge on any atom is -0.486 e. The SMILES string of the molecule is Cc1cc(C)n(CCCNS(=O)(=O)c2ccc3c(c2)OCCO3)n1. The van der Waals surface area contributed by atoms with Gasteiger partial charge in [-0.2, -0.15) is 5.10 Å². The highest BCUT2D eigenvalue weighted by Crippen LogP contribution is 2.32. The maximum atomic E-state index is 12.4. The number of aromatic nitrogens is 2. The minimum atomic E-state index is -3.57. The Morgan fingerprint density at radius 2 is 1.92 bits per heavy atom. The van der Waals surface area contributed by atoms with E-state index in [4.69, 9.17) is 9.47 Å². The van der Waals surface area contributed by atoms with Crippen molar-refractivity contribution < 1.29 is 17.9 Å². The fourth-order valence-electron chi connectivity index (χ4n) is 2.61. The van der Waals surface area contributed by atoms with Crippen LogP contribution < -0.4 is 14.2 Å². The molecule has 0 spiro atoms. The van der Waals surface area contributed by atoms with Gasteiger partial charge in [0.15, 0.2) is 11.5 Å². The average Bonchev–Trinajstić information content (AvgIpc) is 2.88. The van der Waals surface area contributed by atoms with Gasteiger partial charge < -0.3 is 9.47 Å². The van der Waals surface area contributed by atoms with Crippen LogP contribution in [0, 0.1) is 13.8 Å². The Labute approximate surface area is 141 Å². The van der Waals surface area contributed by atoms with Crippen LogP contribution in [0.25, 0.3) is 0 Å². The van der Waals surface area contributed by atoms with Gasteiger partial charge in [-0.3, -0.25) is 4.68 Å². The van der Waals surface area contributed by atoms with Crippen molar-refractivity contribution in [2.45, 2.75) is 31.7 Å². The molecule has 1 aromatic carbocycles. The van der Waals surface area contributed by atoms with E-state index in [9.17, 15) is 8.42 Å². The molecule has 0 radical (unpaired) electrons. The van der Waals surface area contributed by atoms with Crippen LogP contribution in [0.15, 0.2) is 29.2 Å². The molecule has 0 fully saturated rings. The van der Waals surface area contributed by atoms with Crippen LogP contribution in [0.4, 0.5) is 0 Å². The molecular formula is C16H21N3O4S. The van der Waals surface area contributed by atoms with Crippen molar-refractivity contribution in [1.29, 1.82) is 0 Å². The van der Waals surface area contributed by atoms with Crippen LogP contribution in [0.2, 0.25) is 0 Å². The lowest BCUT2D eigenvalue weighted by atomic mass is 10.3. The molecule has 1 aliphatic heterocycles. The fraction of sp³-hybridized carbons (Fsp3) is 0.438.